The maximum Gasteiger partial charge on any atom is 0.293 e. The fraction of sp³-hybridized carbons (Fsp3) is 0.343. The summed E-state index contributed by atoms with van der Waals surface area (Å²) in [6.07, 6.45) is 2.66. The molecule has 0 atom stereocenters. The molecule has 0 saturated heterocycles. The van der Waals surface area contributed by atoms with Gasteiger partial charge in [0.2, 0.25) is 0 Å². The molecular formula is C35H42FN5O2. The van der Waals surface area contributed by atoms with E-state index in [9.17, 15) is 9.59 Å². The Labute approximate surface area is 253 Å². The third-order valence-electron chi connectivity index (χ3n) is 7.64. The van der Waals surface area contributed by atoms with Crippen LogP contribution in [0.3, 0.4) is 0 Å². The number of benzene rings is 3. The smallest absolute Gasteiger partial charge is 0.293 e. The molecule has 0 aliphatic carbocycles. The molecule has 1 amide bonds. The van der Waals surface area contributed by atoms with Crippen LogP contribution in [0.2, 0.25) is 0 Å². The van der Waals surface area contributed by atoms with Crippen LogP contribution in [0.25, 0.3) is 11.3 Å². The van der Waals surface area contributed by atoms with E-state index in [1.807, 2.05) is 49.4 Å². The minimum atomic E-state index is -0.339. The molecule has 0 unspecified atom stereocenters. The Bertz CT molecular complexity index is 1650. The zero-order valence-electron chi connectivity index (χ0n) is 26.2. The Hall–Kier alpha value is -4.30. The lowest BCUT2D eigenvalue weighted by molar-refractivity contribution is 0.102. The van der Waals surface area contributed by atoms with Gasteiger partial charge in [0.25, 0.3) is 11.5 Å². The van der Waals surface area contributed by atoms with Gasteiger partial charge in [-0.25, -0.2) is 9.37 Å². The van der Waals surface area contributed by atoms with Gasteiger partial charge in [-0.3, -0.25) is 14.5 Å². The number of carbonyl (C=O) groups excluding carboxylic acids is 1. The van der Waals surface area contributed by atoms with E-state index in [-0.39, 0.29) is 28.5 Å². The standard InChI is InChI=1S/C35H42FN5O2/c1-8-19-41(9-2)21-25-15-18-27(20-29(25)36)37-32-34(43)40(7)22-31(38-32)28-11-10-12-30(23(28)3)39-33(42)24-13-16-26(17-14-24)35(4,5)6/h10-18,20,22H,8-9,19,21H2,1-7H3,(H,37,38)(H,39,42). The molecule has 226 valence electrons. The Morgan fingerprint density at radius 3 is 2.40 bits per heavy atom. The Balaban J connectivity index is 1.58. The highest BCUT2D eigenvalue weighted by Gasteiger charge is 2.17. The number of aryl methyl sites for hydroxylation is 1. The van der Waals surface area contributed by atoms with Gasteiger partial charge in [-0.2, -0.15) is 0 Å². The summed E-state index contributed by atoms with van der Waals surface area (Å²) in [6, 6.07) is 18.1. The van der Waals surface area contributed by atoms with E-state index >= 15 is 4.39 Å². The summed E-state index contributed by atoms with van der Waals surface area (Å²) in [5, 5.41) is 6.03. The van der Waals surface area contributed by atoms with E-state index in [1.165, 1.54) is 10.6 Å². The Morgan fingerprint density at radius 1 is 1.05 bits per heavy atom. The van der Waals surface area contributed by atoms with Crippen LogP contribution in [-0.2, 0) is 19.0 Å². The van der Waals surface area contributed by atoms with Crippen molar-refractivity contribution in [3.8, 4) is 11.3 Å². The average molecular weight is 584 g/mol. The molecular weight excluding hydrogens is 541 g/mol. The first-order valence-corrected chi connectivity index (χ1v) is 14.8. The second-order valence-electron chi connectivity index (χ2n) is 12.0. The molecule has 7 nitrogen and oxygen atoms in total. The van der Waals surface area contributed by atoms with Crippen LogP contribution in [0.4, 0.5) is 21.6 Å². The van der Waals surface area contributed by atoms with Crippen LogP contribution in [0, 0.1) is 12.7 Å². The highest BCUT2D eigenvalue weighted by molar-refractivity contribution is 6.05. The quantitative estimate of drug-likeness (QED) is 0.203. The molecule has 8 heteroatoms. The third-order valence-corrected chi connectivity index (χ3v) is 7.64. The van der Waals surface area contributed by atoms with Gasteiger partial charge < -0.3 is 15.2 Å². The van der Waals surface area contributed by atoms with E-state index in [0.29, 0.717) is 34.7 Å². The number of carbonyl (C=O) groups is 1. The summed E-state index contributed by atoms with van der Waals surface area (Å²) in [5.41, 5.74) is 5.19. The lowest BCUT2D eigenvalue weighted by atomic mass is 9.86. The van der Waals surface area contributed by atoms with Gasteiger partial charge in [0.15, 0.2) is 5.82 Å². The maximum absolute atomic E-state index is 15.0. The molecule has 1 heterocycles. The molecule has 0 bridgehead atoms. The topological polar surface area (TPSA) is 79.3 Å². The van der Waals surface area contributed by atoms with Crippen LogP contribution in [0.1, 0.15) is 68.1 Å². The lowest BCUT2D eigenvalue weighted by Gasteiger charge is -2.20. The zero-order chi connectivity index (χ0) is 31.3. The van der Waals surface area contributed by atoms with E-state index in [4.69, 9.17) is 0 Å². The van der Waals surface area contributed by atoms with E-state index < -0.39 is 0 Å². The Kier molecular flexibility index (Phi) is 9.81. The molecule has 43 heavy (non-hydrogen) atoms. The number of anilines is 3. The first-order chi connectivity index (χ1) is 20.4. The normalized spacial score (nSPS) is 11.6. The largest absolute Gasteiger partial charge is 0.335 e. The molecule has 0 spiro atoms. The van der Waals surface area contributed by atoms with Crippen molar-refractivity contribution in [3.05, 3.63) is 105 Å². The van der Waals surface area contributed by atoms with Crippen LogP contribution < -0.4 is 16.2 Å². The summed E-state index contributed by atoms with van der Waals surface area (Å²) < 4.78 is 16.5. The monoisotopic (exact) mass is 583 g/mol. The fourth-order valence-corrected chi connectivity index (χ4v) is 4.98. The molecule has 0 aliphatic rings. The first kappa shape index (κ1) is 31.6. The second-order valence-corrected chi connectivity index (χ2v) is 12.0. The summed E-state index contributed by atoms with van der Waals surface area (Å²) in [6.45, 7) is 14.7. The van der Waals surface area contributed by atoms with Crippen LogP contribution >= 0.6 is 0 Å². The predicted octanol–water partition coefficient (Wildman–Crippen LogP) is 7.42. The molecule has 0 fully saturated rings. The second kappa shape index (κ2) is 13.3. The van der Waals surface area contributed by atoms with E-state index in [1.54, 1.807) is 25.4 Å². The lowest BCUT2D eigenvalue weighted by Crippen LogP contribution is -2.24. The number of hydrogen-bond donors (Lipinski definition) is 2. The van der Waals surface area contributed by atoms with Crippen molar-refractivity contribution in [2.24, 2.45) is 7.05 Å². The number of hydrogen-bond acceptors (Lipinski definition) is 5. The van der Waals surface area contributed by atoms with Crippen molar-refractivity contribution < 1.29 is 9.18 Å². The number of halogens is 1. The SMILES string of the molecule is CCCN(CC)Cc1ccc(Nc2nc(-c3cccc(NC(=O)c4ccc(C(C)(C)C)cc4)c3C)cn(C)c2=O)cc1F. The van der Waals surface area contributed by atoms with Gasteiger partial charge in [0, 0.05) is 47.9 Å². The van der Waals surface area contributed by atoms with Crippen molar-refractivity contribution in [3.63, 3.8) is 0 Å². The van der Waals surface area contributed by atoms with Crippen molar-refractivity contribution >= 4 is 23.1 Å². The van der Waals surface area contributed by atoms with Gasteiger partial charge in [-0.15, -0.1) is 0 Å². The highest BCUT2D eigenvalue weighted by Crippen LogP contribution is 2.29. The number of aromatic nitrogens is 2. The number of amides is 1. The van der Waals surface area contributed by atoms with Crippen LogP contribution in [0.15, 0.2) is 71.7 Å². The molecule has 1 aromatic heterocycles. The summed E-state index contributed by atoms with van der Waals surface area (Å²) >= 11 is 0. The molecule has 0 saturated carbocycles. The molecule has 2 N–H and O–H groups in total. The average Bonchev–Trinajstić information content (AvgIpc) is 2.97. The third kappa shape index (κ3) is 7.56. The molecule has 4 aromatic rings. The molecule has 0 radical (unpaired) electrons. The molecule has 0 aliphatic heterocycles. The van der Waals surface area contributed by atoms with Gasteiger partial charge in [0.05, 0.1) is 5.69 Å². The van der Waals surface area contributed by atoms with Crippen LogP contribution in [-0.4, -0.2) is 33.4 Å². The van der Waals surface area contributed by atoms with Crippen molar-refractivity contribution in [1.29, 1.82) is 0 Å². The highest BCUT2D eigenvalue weighted by atomic mass is 19.1. The van der Waals surface area contributed by atoms with Crippen molar-refractivity contribution in [2.45, 2.75) is 59.9 Å². The number of nitrogens with zero attached hydrogens (tertiary/aromatic N) is 3. The van der Waals surface area contributed by atoms with Crippen LogP contribution in [0.5, 0.6) is 0 Å². The minimum Gasteiger partial charge on any atom is -0.335 e. The summed E-state index contributed by atoms with van der Waals surface area (Å²) in [5.74, 6) is -0.459. The summed E-state index contributed by atoms with van der Waals surface area (Å²) in [4.78, 5) is 32.9. The number of rotatable bonds is 10. The molecule has 4 rings (SSSR count). The fourth-order valence-electron chi connectivity index (χ4n) is 4.98. The predicted molar refractivity (Wildman–Crippen MR) is 174 cm³/mol. The van der Waals surface area contributed by atoms with Gasteiger partial charge >= 0.3 is 0 Å². The van der Waals surface area contributed by atoms with Gasteiger partial charge in [-0.05, 0) is 73.3 Å². The maximum atomic E-state index is 15.0. The number of nitrogens with one attached hydrogen (secondary N) is 2. The van der Waals surface area contributed by atoms with E-state index in [0.717, 1.165) is 36.2 Å². The first-order valence-electron chi connectivity index (χ1n) is 14.8. The van der Waals surface area contributed by atoms with E-state index in [2.05, 4.69) is 55.1 Å². The molecule has 3 aromatic carbocycles. The van der Waals surface area contributed by atoms with Gasteiger partial charge in [0.1, 0.15) is 5.82 Å². The van der Waals surface area contributed by atoms with Crippen molar-refractivity contribution in [2.75, 3.05) is 23.7 Å². The zero-order valence-corrected chi connectivity index (χ0v) is 26.2. The summed E-state index contributed by atoms with van der Waals surface area (Å²) in [7, 11) is 1.65. The van der Waals surface area contributed by atoms with Gasteiger partial charge in [-0.1, -0.05) is 65.0 Å². The Morgan fingerprint density at radius 2 is 1.77 bits per heavy atom. The minimum absolute atomic E-state index is 0.00111. The van der Waals surface area contributed by atoms with Crippen molar-refractivity contribution in [1.82, 2.24) is 14.5 Å².